The third-order valence-electron chi connectivity index (χ3n) is 4.95. The Bertz CT molecular complexity index is 1230. The van der Waals surface area contributed by atoms with Crippen LogP contribution in [0.4, 0.5) is 5.13 Å². The van der Waals surface area contributed by atoms with Crippen LogP contribution >= 0.6 is 23.1 Å². The Balaban J connectivity index is 1.82. The summed E-state index contributed by atoms with van der Waals surface area (Å²) in [4.78, 5) is 71.4. The minimum absolute atomic E-state index is 0.0471. The summed E-state index contributed by atoms with van der Waals surface area (Å²) in [7, 11) is 1.26. The van der Waals surface area contributed by atoms with E-state index in [1.54, 1.807) is 0 Å². The minimum Gasteiger partial charge on any atom is -0.462 e. The van der Waals surface area contributed by atoms with Crippen LogP contribution in [0.1, 0.15) is 26.5 Å². The smallest absolute Gasteiger partial charge is 0.358 e. The lowest BCUT2D eigenvalue weighted by Gasteiger charge is -2.49. The minimum atomic E-state index is -1.21. The number of nitrogens with two attached hydrogens (primary N) is 1. The number of aromatic nitrogens is 1. The van der Waals surface area contributed by atoms with Gasteiger partial charge in [-0.2, -0.15) is 0 Å². The number of nitrogens with one attached hydrogen (secondary N) is 1. The molecular weight excluding hydrogens is 542 g/mol. The first kappa shape index (κ1) is 28.6. The number of thiazole rings is 1. The Morgan fingerprint density at radius 1 is 1.29 bits per heavy atom. The Morgan fingerprint density at radius 2 is 2.03 bits per heavy atom. The molecule has 2 unspecified atom stereocenters. The van der Waals surface area contributed by atoms with Gasteiger partial charge in [-0.1, -0.05) is 11.2 Å². The Hall–Kier alpha value is -3.92. The molecule has 38 heavy (non-hydrogen) atoms. The first-order chi connectivity index (χ1) is 18.0. The van der Waals surface area contributed by atoms with E-state index < -0.39 is 47.4 Å². The lowest BCUT2D eigenvalue weighted by molar-refractivity contribution is -0.182. The fourth-order valence-electron chi connectivity index (χ4n) is 3.48. The van der Waals surface area contributed by atoms with Gasteiger partial charge in [0.25, 0.3) is 11.8 Å². The van der Waals surface area contributed by atoms with E-state index in [1.165, 1.54) is 55.2 Å². The molecule has 1 aromatic rings. The zero-order valence-corrected chi connectivity index (χ0v) is 22.4. The van der Waals surface area contributed by atoms with Crippen molar-refractivity contribution in [1.82, 2.24) is 15.2 Å². The number of fused-ring (bicyclic) bond motifs is 1. The molecule has 2 amide bonds. The number of allylic oxidation sites excluding steroid dienone is 1. The molecule has 2 aliphatic rings. The van der Waals surface area contributed by atoms with E-state index in [-0.39, 0.29) is 34.6 Å². The summed E-state index contributed by atoms with van der Waals surface area (Å²) in [6, 6.07) is -0.995. The fraction of sp³-hybridized carbons (Fsp3) is 0.409. The fourth-order valence-corrected chi connectivity index (χ4v) is 5.35. The van der Waals surface area contributed by atoms with Gasteiger partial charge >= 0.3 is 17.9 Å². The van der Waals surface area contributed by atoms with Crippen molar-refractivity contribution in [1.29, 1.82) is 0 Å². The van der Waals surface area contributed by atoms with E-state index in [0.717, 1.165) is 18.3 Å². The molecule has 1 aromatic heterocycles. The average Bonchev–Trinajstić information content (AvgIpc) is 3.27. The van der Waals surface area contributed by atoms with Crippen LogP contribution in [0.5, 0.6) is 0 Å². The highest BCUT2D eigenvalue weighted by Gasteiger charge is 2.54. The number of carbonyl (C=O) groups excluding carboxylic acids is 5. The number of hydrogen-bond acceptors (Lipinski definition) is 14. The highest BCUT2D eigenvalue weighted by molar-refractivity contribution is 8.00. The molecule has 1 fully saturated rings. The van der Waals surface area contributed by atoms with E-state index in [0.29, 0.717) is 5.57 Å². The first-order valence-corrected chi connectivity index (χ1v) is 13.0. The second-order valence-electron chi connectivity index (χ2n) is 7.72. The molecule has 0 radical (unpaired) electrons. The summed E-state index contributed by atoms with van der Waals surface area (Å²) in [5.74, 6) is -3.09. The number of hydrogen-bond donors (Lipinski definition) is 2. The first-order valence-electron chi connectivity index (χ1n) is 11.0. The predicted molar refractivity (Wildman–Crippen MR) is 135 cm³/mol. The van der Waals surface area contributed by atoms with Gasteiger partial charge in [-0.3, -0.25) is 24.1 Å². The van der Waals surface area contributed by atoms with Crippen molar-refractivity contribution in [2.75, 3.05) is 25.2 Å². The number of carbonyl (C=O) groups is 5. The summed E-state index contributed by atoms with van der Waals surface area (Å²) < 4.78 is 15.0. The molecule has 3 rings (SSSR count). The van der Waals surface area contributed by atoms with E-state index in [4.69, 9.17) is 24.8 Å². The molecule has 3 heterocycles. The standard InChI is InChI=1S/C22H25N5O9S2/c1-10(28)34-7-5-6-13-8-37-20-16(25-18(30)15(26-33-4)14-9-38-22(23)24-14)19(31)27(20)17(13)21(32)36-12(3)35-11(2)29/h5-6,9,12,16,20H,7-8H2,1-4H3,(H2,23,24)(H,25,30)/b6-5-,26-15-/t12?,16?,20-/m1/s1. The summed E-state index contributed by atoms with van der Waals surface area (Å²) in [6.07, 6.45) is 1.84. The number of nitrogens with zero attached hydrogens (tertiary/aromatic N) is 3. The molecular formula is C22H25N5O9S2. The molecule has 0 bridgehead atoms. The van der Waals surface area contributed by atoms with Crippen LogP contribution in [0, 0.1) is 0 Å². The van der Waals surface area contributed by atoms with E-state index in [9.17, 15) is 24.0 Å². The van der Waals surface area contributed by atoms with Crippen LogP contribution < -0.4 is 11.1 Å². The number of β-lactam (4-membered cyclic amide) rings is 1. The molecule has 14 nitrogen and oxygen atoms in total. The lowest BCUT2D eigenvalue weighted by atomic mass is 10.0. The monoisotopic (exact) mass is 567 g/mol. The molecule has 0 aliphatic carbocycles. The van der Waals surface area contributed by atoms with Crippen molar-refractivity contribution in [2.24, 2.45) is 5.16 Å². The van der Waals surface area contributed by atoms with Crippen LogP contribution in [-0.2, 0) is 43.0 Å². The third-order valence-corrected chi connectivity index (χ3v) is 6.92. The van der Waals surface area contributed by atoms with Gasteiger partial charge in [0, 0.05) is 31.9 Å². The average molecular weight is 568 g/mol. The SMILES string of the molecule is CO/N=C(\C(=O)NC1C(=O)N2C(C(=O)OC(C)OC(C)=O)=C(/C=C\COC(C)=O)CS[C@H]12)c1csc(N)n1. The number of rotatable bonds is 10. The second kappa shape index (κ2) is 12.6. The van der Waals surface area contributed by atoms with Gasteiger partial charge in [-0.25, -0.2) is 9.78 Å². The number of nitrogen functional groups attached to an aromatic ring is 1. The molecule has 1 saturated heterocycles. The zero-order chi connectivity index (χ0) is 28.0. The molecule has 3 N–H and O–H groups in total. The Morgan fingerprint density at radius 3 is 2.63 bits per heavy atom. The number of amides is 2. The quantitative estimate of drug-likeness (QED) is 0.130. The maximum Gasteiger partial charge on any atom is 0.358 e. The number of ether oxygens (including phenoxy) is 3. The summed E-state index contributed by atoms with van der Waals surface area (Å²) >= 11 is 2.39. The third kappa shape index (κ3) is 6.69. The summed E-state index contributed by atoms with van der Waals surface area (Å²) in [6.45, 7) is 3.72. The van der Waals surface area contributed by atoms with Gasteiger partial charge in [-0.15, -0.1) is 23.1 Å². The van der Waals surface area contributed by atoms with E-state index >= 15 is 0 Å². The summed E-state index contributed by atoms with van der Waals surface area (Å²) in [5, 5.41) is 7.41. The summed E-state index contributed by atoms with van der Waals surface area (Å²) in [5.41, 5.74) is 5.98. The van der Waals surface area contributed by atoms with Gasteiger partial charge in [0.2, 0.25) is 6.29 Å². The van der Waals surface area contributed by atoms with Gasteiger partial charge < -0.3 is 30.1 Å². The van der Waals surface area contributed by atoms with Crippen LogP contribution in [0.3, 0.4) is 0 Å². The Kier molecular flexibility index (Phi) is 9.46. The largest absolute Gasteiger partial charge is 0.462 e. The molecule has 16 heteroatoms. The Labute approximate surface area is 225 Å². The van der Waals surface area contributed by atoms with Crippen molar-refractivity contribution >= 4 is 63.7 Å². The molecule has 204 valence electrons. The maximum absolute atomic E-state index is 13.2. The molecule has 0 spiro atoms. The topological polar surface area (TPSA) is 189 Å². The number of oxime groups is 1. The number of anilines is 1. The molecule has 0 saturated carbocycles. The molecule has 3 atom stereocenters. The molecule has 2 aliphatic heterocycles. The van der Waals surface area contributed by atoms with Crippen molar-refractivity contribution in [2.45, 2.75) is 38.5 Å². The predicted octanol–water partition coefficient (Wildman–Crippen LogP) is 0.301. The lowest BCUT2D eigenvalue weighted by Crippen LogP contribution is -2.71. The van der Waals surface area contributed by atoms with Crippen molar-refractivity contribution < 1.29 is 43.0 Å². The van der Waals surface area contributed by atoms with Crippen LogP contribution in [0.25, 0.3) is 0 Å². The van der Waals surface area contributed by atoms with Crippen LogP contribution in [0.15, 0.2) is 34.0 Å². The van der Waals surface area contributed by atoms with Crippen LogP contribution in [-0.4, -0.2) is 82.5 Å². The van der Waals surface area contributed by atoms with Gasteiger partial charge in [-0.05, 0) is 11.6 Å². The van der Waals surface area contributed by atoms with Crippen molar-refractivity contribution in [3.63, 3.8) is 0 Å². The highest BCUT2D eigenvalue weighted by Crippen LogP contribution is 2.41. The normalized spacial score (nSPS) is 19.8. The van der Waals surface area contributed by atoms with Gasteiger partial charge in [0.05, 0.1) is 0 Å². The molecule has 0 aromatic carbocycles. The number of thioether (sulfide) groups is 1. The van der Waals surface area contributed by atoms with Gasteiger partial charge in [0.15, 0.2) is 10.8 Å². The van der Waals surface area contributed by atoms with E-state index in [2.05, 4.69) is 15.5 Å². The zero-order valence-electron chi connectivity index (χ0n) is 20.8. The van der Waals surface area contributed by atoms with Crippen molar-refractivity contribution in [3.8, 4) is 0 Å². The second-order valence-corrected chi connectivity index (χ2v) is 9.71. The highest BCUT2D eigenvalue weighted by atomic mass is 32.2. The van der Waals surface area contributed by atoms with Crippen molar-refractivity contribution in [3.05, 3.63) is 34.5 Å². The van der Waals surface area contributed by atoms with E-state index in [1.807, 2.05) is 0 Å². The maximum atomic E-state index is 13.2. The number of esters is 3. The van der Waals surface area contributed by atoms with Crippen LogP contribution in [0.2, 0.25) is 0 Å². The van der Waals surface area contributed by atoms with Gasteiger partial charge in [0.1, 0.15) is 36.5 Å².